The molecule has 1 atom stereocenters. The van der Waals surface area contributed by atoms with Gasteiger partial charge in [-0.25, -0.2) is 18.7 Å². The fraction of sp³-hybridized carbons (Fsp3) is 0.381. The van der Waals surface area contributed by atoms with Crippen LogP contribution >= 0.6 is 0 Å². The van der Waals surface area contributed by atoms with E-state index in [-0.39, 0.29) is 4.90 Å². The van der Waals surface area contributed by atoms with Crippen LogP contribution in [0.4, 0.5) is 21.8 Å². The van der Waals surface area contributed by atoms with Crippen molar-refractivity contribution in [3.05, 3.63) is 36.3 Å². The van der Waals surface area contributed by atoms with Crippen LogP contribution in [0.5, 0.6) is 0 Å². The van der Waals surface area contributed by atoms with Crippen LogP contribution < -0.4 is 15.8 Å². The monoisotopic (exact) mass is 443 g/mol. The largest absolute Gasteiger partial charge is 0.374 e. The van der Waals surface area contributed by atoms with Gasteiger partial charge in [0.15, 0.2) is 0 Å². The van der Waals surface area contributed by atoms with Crippen molar-refractivity contribution in [2.24, 2.45) is 5.14 Å². The maximum atomic E-state index is 14.2. The first-order valence-corrected chi connectivity index (χ1v) is 11.4. The fourth-order valence-corrected chi connectivity index (χ4v) is 4.89. The number of nitrogens with zero attached hydrogens (tertiary/aromatic N) is 3. The van der Waals surface area contributed by atoms with Crippen LogP contribution in [0.25, 0.3) is 11.0 Å². The van der Waals surface area contributed by atoms with Gasteiger partial charge in [-0.15, -0.1) is 0 Å². The number of rotatable bonds is 6. The number of nitrogens with two attached hydrogens (primary N) is 1. The summed E-state index contributed by atoms with van der Waals surface area (Å²) in [7, 11) is -0.0321. The van der Waals surface area contributed by atoms with Gasteiger partial charge in [-0.3, -0.25) is 0 Å². The van der Waals surface area contributed by atoms with Gasteiger partial charge in [0.2, 0.25) is 5.95 Å². The molecule has 1 fully saturated rings. The van der Waals surface area contributed by atoms with Gasteiger partial charge in [-0.1, -0.05) is 19.3 Å². The molecule has 164 valence electrons. The Labute approximate surface area is 182 Å². The highest BCUT2D eigenvalue weighted by Gasteiger charge is 2.39. The molecule has 1 aromatic carbocycles. The maximum Gasteiger partial charge on any atom is 0.229 e. The van der Waals surface area contributed by atoms with Gasteiger partial charge in [-0.2, -0.15) is 4.98 Å². The third-order valence-corrected chi connectivity index (χ3v) is 6.77. The number of anilines is 3. The smallest absolute Gasteiger partial charge is 0.229 e. The van der Waals surface area contributed by atoms with Crippen LogP contribution in [0, 0.1) is 11.2 Å². The molecule has 4 rings (SSSR count). The molecule has 5 N–H and O–H groups in total. The van der Waals surface area contributed by atoms with E-state index in [4.69, 9.17) is 15.5 Å². The standard InChI is InChI=1S/C21H26FN7OS/c1-13(23)21(8-4-3-5-9-21)29-18(25-2)10-14-12-26-20(28-19(14)29)27-15-6-7-17(31(24)30)16(22)11-15/h6-7,10-12,23,25H,3-5,8-9,24H2,1-2H3,(H,26,27,28). The van der Waals surface area contributed by atoms with E-state index in [9.17, 15) is 8.60 Å². The summed E-state index contributed by atoms with van der Waals surface area (Å²) in [5.41, 5.74) is 1.33. The molecular formula is C21H26FN7OS. The minimum absolute atomic E-state index is 0.0600. The summed E-state index contributed by atoms with van der Waals surface area (Å²) >= 11 is 0. The Morgan fingerprint density at radius 1 is 1.29 bits per heavy atom. The molecule has 0 saturated heterocycles. The summed E-state index contributed by atoms with van der Waals surface area (Å²) in [6, 6.07) is 6.17. The zero-order valence-corrected chi connectivity index (χ0v) is 18.4. The summed E-state index contributed by atoms with van der Waals surface area (Å²) in [4.78, 5) is 9.03. The predicted molar refractivity (Wildman–Crippen MR) is 122 cm³/mol. The number of nitrogens with one attached hydrogen (secondary N) is 3. The summed E-state index contributed by atoms with van der Waals surface area (Å²) in [6.45, 7) is 1.86. The lowest BCUT2D eigenvalue weighted by Crippen LogP contribution is -2.42. The van der Waals surface area contributed by atoms with Gasteiger partial charge < -0.3 is 20.6 Å². The summed E-state index contributed by atoms with van der Waals surface area (Å²) in [5.74, 6) is 0.535. The van der Waals surface area contributed by atoms with Gasteiger partial charge >= 0.3 is 0 Å². The lowest BCUT2D eigenvalue weighted by atomic mass is 9.78. The molecule has 0 amide bonds. The number of benzene rings is 1. The van der Waals surface area contributed by atoms with E-state index in [1.54, 1.807) is 12.3 Å². The molecule has 8 nitrogen and oxygen atoms in total. The zero-order chi connectivity index (χ0) is 22.2. The Bertz CT molecular complexity index is 1170. The summed E-state index contributed by atoms with van der Waals surface area (Å²) in [5, 5.41) is 21.0. The van der Waals surface area contributed by atoms with E-state index < -0.39 is 22.3 Å². The second-order valence-corrected chi connectivity index (χ2v) is 8.91. The Hall–Kier alpha value is -2.85. The predicted octanol–water partition coefficient (Wildman–Crippen LogP) is 4.04. The summed E-state index contributed by atoms with van der Waals surface area (Å²) in [6.07, 6.45) is 6.78. The van der Waals surface area contributed by atoms with Crippen LogP contribution in [0.15, 0.2) is 35.4 Å². The molecule has 0 bridgehead atoms. The van der Waals surface area contributed by atoms with Crippen LogP contribution in [0.3, 0.4) is 0 Å². The van der Waals surface area contributed by atoms with Crippen molar-refractivity contribution in [1.82, 2.24) is 14.5 Å². The van der Waals surface area contributed by atoms with E-state index in [1.807, 2.05) is 20.0 Å². The van der Waals surface area contributed by atoms with Crippen LogP contribution in [0.2, 0.25) is 0 Å². The SMILES string of the molecule is CNc1cc2cnc(Nc3ccc(S(N)=O)c(F)c3)nc2n1C1(C(C)=N)CCCCC1. The Kier molecular flexibility index (Phi) is 5.76. The van der Waals surface area contributed by atoms with Crippen molar-refractivity contribution >= 4 is 45.2 Å². The molecule has 0 radical (unpaired) electrons. The molecule has 1 aliphatic rings. The molecular weight excluding hydrogens is 417 g/mol. The average Bonchev–Trinajstić information content (AvgIpc) is 3.12. The molecule has 0 spiro atoms. The molecule has 31 heavy (non-hydrogen) atoms. The van der Waals surface area contributed by atoms with Crippen molar-refractivity contribution in [2.45, 2.75) is 49.5 Å². The van der Waals surface area contributed by atoms with Crippen molar-refractivity contribution in [3.8, 4) is 0 Å². The number of hydrogen-bond acceptors (Lipinski definition) is 6. The minimum Gasteiger partial charge on any atom is -0.374 e. The number of aromatic nitrogens is 3. The number of hydrogen-bond donors (Lipinski definition) is 4. The topological polar surface area (TPSA) is 122 Å². The highest BCUT2D eigenvalue weighted by Crippen LogP contribution is 2.41. The first-order chi connectivity index (χ1) is 14.9. The van der Waals surface area contributed by atoms with Crippen LogP contribution in [-0.2, 0) is 16.5 Å². The molecule has 0 aliphatic heterocycles. The van der Waals surface area contributed by atoms with Gasteiger partial charge in [-0.05, 0) is 44.0 Å². The molecule has 1 saturated carbocycles. The molecule has 10 heteroatoms. The van der Waals surface area contributed by atoms with Gasteiger partial charge in [0.05, 0.1) is 10.4 Å². The zero-order valence-electron chi connectivity index (χ0n) is 17.5. The van der Waals surface area contributed by atoms with Crippen LogP contribution in [0.1, 0.15) is 39.0 Å². The molecule has 2 heterocycles. The Balaban J connectivity index is 1.78. The first kappa shape index (κ1) is 21.4. The third kappa shape index (κ3) is 3.81. The molecule has 2 aromatic heterocycles. The Morgan fingerprint density at radius 3 is 2.65 bits per heavy atom. The average molecular weight is 444 g/mol. The van der Waals surface area contributed by atoms with E-state index in [0.29, 0.717) is 17.3 Å². The van der Waals surface area contributed by atoms with E-state index >= 15 is 0 Å². The maximum absolute atomic E-state index is 14.2. The second-order valence-electron chi connectivity index (χ2n) is 7.87. The van der Waals surface area contributed by atoms with E-state index in [2.05, 4.69) is 20.2 Å². The van der Waals surface area contributed by atoms with Gasteiger partial charge in [0.1, 0.15) is 28.3 Å². The normalized spacial score (nSPS) is 16.8. The second kappa shape index (κ2) is 8.35. The van der Waals surface area contributed by atoms with E-state index in [1.165, 1.54) is 18.6 Å². The first-order valence-electron chi connectivity index (χ1n) is 10.2. The van der Waals surface area contributed by atoms with Crippen molar-refractivity contribution in [1.29, 1.82) is 5.41 Å². The molecule has 3 aromatic rings. The molecule has 1 aliphatic carbocycles. The third-order valence-electron chi connectivity index (χ3n) is 6.01. The number of halogens is 1. The van der Waals surface area contributed by atoms with Gasteiger partial charge in [0, 0.05) is 30.0 Å². The van der Waals surface area contributed by atoms with Gasteiger partial charge in [0.25, 0.3) is 0 Å². The highest BCUT2D eigenvalue weighted by molar-refractivity contribution is 7.82. The van der Waals surface area contributed by atoms with Crippen molar-refractivity contribution in [2.75, 3.05) is 17.7 Å². The quantitative estimate of drug-likeness (QED) is 0.429. The lowest BCUT2D eigenvalue weighted by Gasteiger charge is -2.39. The van der Waals surface area contributed by atoms with Crippen molar-refractivity contribution < 1.29 is 8.60 Å². The van der Waals surface area contributed by atoms with E-state index in [0.717, 1.165) is 42.5 Å². The highest BCUT2D eigenvalue weighted by atomic mass is 32.2. The minimum atomic E-state index is -1.89. The fourth-order valence-electron chi connectivity index (χ4n) is 4.44. The van der Waals surface area contributed by atoms with Crippen LogP contribution in [-0.4, -0.2) is 31.5 Å². The summed E-state index contributed by atoms with van der Waals surface area (Å²) < 4.78 is 27.6. The molecule has 1 unspecified atom stereocenters. The lowest BCUT2D eigenvalue weighted by molar-refractivity contribution is 0.288. The van der Waals surface area contributed by atoms with Crippen molar-refractivity contribution in [3.63, 3.8) is 0 Å². The number of fused-ring (bicyclic) bond motifs is 1. The Morgan fingerprint density at radius 2 is 2.03 bits per heavy atom.